The predicted molar refractivity (Wildman–Crippen MR) is 79.2 cm³/mol. The lowest BCUT2D eigenvalue weighted by Gasteiger charge is -2.31. The molecule has 4 nitrogen and oxygen atoms in total. The second kappa shape index (κ2) is 6.76. The highest BCUT2D eigenvalue weighted by atomic mass is 28.3. The molecule has 5 heteroatoms. The number of methoxy groups -OCH3 is 1. The summed E-state index contributed by atoms with van der Waals surface area (Å²) in [7, 11) is -0.379. The molecule has 0 saturated carbocycles. The molecule has 19 heavy (non-hydrogen) atoms. The molecule has 1 amide bonds. The third-order valence-corrected chi connectivity index (χ3v) is 8.00. The topological polar surface area (TPSA) is 55.4 Å². The molecule has 0 unspecified atom stereocenters. The van der Waals surface area contributed by atoms with Gasteiger partial charge in [-0.1, -0.05) is 33.9 Å². The second-order valence-electron chi connectivity index (χ2n) is 6.16. The molecular formula is C14H25NO3Si. The standard InChI is InChI=1S/C14H25NO3Si/c1-11(16)15-12(13(17)18-5)9-8-10-19(6,7)14(2,3)4/h12H,9H2,1-7H3,(H,15,16)/t12-/m0/s1. The molecule has 0 fully saturated rings. The quantitative estimate of drug-likeness (QED) is 0.490. The molecule has 0 radical (unpaired) electrons. The molecule has 0 saturated heterocycles. The Morgan fingerprint density at radius 1 is 1.32 bits per heavy atom. The van der Waals surface area contributed by atoms with Crippen LogP contribution in [0, 0.1) is 11.5 Å². The first kappa shape index (κ1) is 17.7. The molecule has 0 aromatic rings. The normalized spacial score (nSPS) is 13.0. The first-order valence-corrected chi connectivity index (χ1v) is 9.36. The van der Waals surface area contributed by atoms with Gasteiger partial charge in [0.2, 0.25) is 5.91 Å². The summed E-state index contributed by atoms with van der Waals surface area (Å²) in [6, 6.07) is -0.681. The lowest BCUT2D eigenvalue weighted by atomic mass is 10.2. The molecule has 0 spiro atoms. The molecule has 108 valence electrons. The van der Waals surface area contributed by atoms with Gasteiger partial charge in [0.15, 0.2) is 0 Å². The molecule has 0 heterocycles. The van der Waals surface area contributed by atoms with Crippen LogP contribution in [0.1, 0.15) is 34.1 Å². The summed E-state index contributed by atoms with van der Waals surface area (Å²) in [6.07, 6.45) is 0.290. The van der Waals surface area contributed by atoms with Gasteiger partial charge in [0.25, 0.3) is 0 Å². The van der Waals surface area contributed by atoms with E-state index >= 15 is 0 Å². The van der Waals surface area contributed by atoms with Crippen LogP contribution in [0.15, 0.2) is 0 Å². The van der Waals surface area contributed by atoms with E-state index < -0.39 is 20.1 Å². The van der Waals surface area contributed by atoms with Crippen molar-refractivity contribution < 1.29 is 14.3 Å². The van der Waals surface area contributed by atoms with Gasteiger partial charge in [-0.3, -0.25) is 4.79 Å². The minimum absolute atomic E-state index is 0.175. The molecular weight excluding hydrogens is 258 g/mol. The summed E-state index contributed by atoms with van der Waals surface area (Å²) in [5, 5.41) is 2.73. The van der Waals surface area contributed by atoms with Gasteiger partial charge in [0.1, 0.15) is 14.1 Å². The fourth-order valence-electron chi connectivity index (χ4n) is 1.14. The Morgan fingerprint density at radius 2 is 1.84 bits per heavy atom. The minimum Gasteiger partial charge on any atom is -0.467 e. The van der Waals surface area contributed by atoms with Crippen molar-refractivity contribution in [2.45, 2.75) is 58.3 Å². The van der Waals surface area contributed by atoms with Crippen molar-refractivity contribution in [2.75, 3.05) is 7.11 Å². The van der Waals surface area contributed by atoms with Gasteiger partial charge in [0, 0.05) is 13.3 Å². The van der Waals surface area contributed by atoms with Crippen LogP contribution in [0.5, 0.6) is 0 Å². The van der Waals surface area contributed by atoms with E-state index in [0.717, 1.165) is 0 Å². The van der Waals surface area contributed by atoms with E-state index in [0.29, 0.717) is 6.42 Å². The molecule has 0 aromatic heterocycles. The molecule has 1 atom stereocenters. The van der Waals surface area contributed by atoms with Gasteiger partial charge in [-0.2, -0.15) is 0 Å². The average molecular weight is 283 g/mol. The molecule has 0 aliphatic carbocycles. The minimum atomic E-state index is -1.68. The maximum Gasteiger partial charge on any atom is 0.329 e. The summed E-state index contributed by atoms with van der Waals surface area (Å²) < 4.78 is 4.65. The number of esters is 1. The molecule has 0 aromatic carbocycles. The van der Waals surface area contributed by atoms with Crippen LogP contribution in [0.4, 0.5) is 0 Å². The average Bonchev–Trinajstić information content (AvgIpc) is 2.24. The predicted octanol–water partition coefficient (Wildman–Crippen LogP) is 2.11. The molecule has 0 rings (SSSR count). The lowest BCUT2D eigenvalue weighted by molar-refractivity contribution is -0.144. The first-order valence-electron chi connectivity index (χ1n) is 6.36. The summed E-state index contributed by atoms with van der Waals surface area (Å²) >= 11 is 0. The van der Waals surface area contributed by atoms with Gasteiger partial charge >= 0.3 is 5.97 Å². The Kier molecular flexibility index (Phi) is 6.30. The molecule has 0 aliphatic rings. The van der Waals surface area contributed by atoms with Crippen LogP contribution in [-0.2, 0) is 14.3 Å². The van der Waals surface area contributed by atoms with Crippen LogP contribution in [0.3, 0.4) is 0 Å². The summed E-state index contributed by atoms with van der Waals surface area (Å²) in [5.74, 6) is 2.33. The number of hydrogen-bond acceptors (Lipinski definition) is 3. The highest BCUT2D eigenvalue weighted by molar-refractivity contribution is 6.87. The number of amides is 1. The second-order valence-corrected chi connectivity index (χ2v) is 11.2. The zero-order valence-corrected chi connectivity index (χ0v) is 14.0. The third kappa shape index (κ3) is 5.93. The Bertz CT molecular complexity index is 399. The Morgan fingerprint density at radius 3 is 2.21 bits per heavy atom. The SMILES string of the molecule is COC(=O)[C@H](CC#C[Si](C)(C)C(C)(C)C)NC(C)=O. The van der Waals surface area contributed by atoms with Crippen LogP contribution in [-0.4, -0.2) is 33.1 Å². The van der Waals surface area contributed by atoms with E-state index in [2.05, 4.69) is 55.4 Å². The van der Waals surface area contributed by atoms with Crippen molar-refractivity contribution in [2.24, 2.45) is 0 Å². The Hall–Kier alpha value is -1.28. The smallest absolute Gasteiger partial charge is 0.329 e. The fourth-order valence-corrected chi connectivity index (χ4v) is 2.06. The van der Waals surface area contributed by atoms with E-state index in [9.17, 15) is 9.59 Å². The number of ether oxygens (including phenoxy) is 1. The molecule has 0 bridgehead atoms. The number of carbonyl (C=O) groups is 2. The van der Waals surface area contributed by atoms with E-state index in [4.69, 9.17) is 0 Å². The molecule has 1 N–H and O–H groups in total. The maximum atomic E-state index is 11.5. The Labute approximate surface area is 117 Å². The fraction of sp³-hybridized carbons (Fsp3) is 0.714. The van der Waals surface area contributed by atoms with Crippen molar-refractivity contribution in [3.63, 3.8) is 0 Å². The van der Waals surface area contributed by atoms with Gasteiger partial charge in [-0.05, 0) is 5.04 Å². The number of rotatable bonds is 3. The zero-order chi connectivity index (χ0) is 15.3. The summed E-state index contributed by atoms with van der Waals surface area (Å²) in [5.41, 5.74) is 3.31. The van der Waals surface area contributed by atoms with Gasteiger partial charge in [-0.25, -0.2) is 4.79 Å². The van der Waals surface area contributed by atoms with Crippen molar-refractivity contribution in [1.29, 1.82) is 0 Å². The van der Waals surface area contributed by atoms with Crippen molar-refractivity contribution in [3.05, 3.63) is 0 Å². The molecule has 0 aliphatic heterocycles. The monoisotopic (exact) mass is 283 g/mol. The lowest BCUT2D eigenvalue weighted by Crippen LogP contribution is -2.40. The van der Waals surface area contributed by atoms with Crippen LogP contribution < -0.4 is 5.32 Å². The van der Waals surface area contributed by atoms with Gasteiger partial charge in [-0.15, -0.1) is 11.5 Å². The van der Waals surface area contributed by atoms with E-state index in [1.807, 2.05) is 0 Å². The van der Waals surface area contributed by atoms with Crippen LogP contribution >= 0.6 is 0 Å². The van der Waals surface area contributed by atoms with Crippen molar-refractivity contribution in [1.82, 2.24) is 5.32 Å². The van der Waals surface area contributed by atoms with Gasteiger partial charge < -0.3 is 10.1 Å². The summed E-state index contributed by atoms with van der Waals surface area (Å²) in [4.78, 5) is 22.5. The van der Waals surface area contributed by atoms with Crippen LogP contribution in [0.25, 0.3) is 0 Å². The number of nitrogens with one attached hydrogen (secondary N) is 1. The number of carbonyl (C=O) groups excluding carboxylic acids is 2. The highest BCUT2D eigenvalue weighted by Crippen LogP contribution is 2.35. The highest BCUT2D eigenvalue weighted by Gasteiger charge is 2.33. The van der Waals surface area contributed by atoms with Crippen molar-refractivity contribution >= 4 is 20.0 Å². The first-order chi connectivity index (χ1) is 8.51. The largest absolute Gasteiger partial charge is 0.467 e. The van der Waals surface area contributed by atoms with Crippen LogP contribution in [0.2, 0.25) is 18.1 Å². The van der Waals surface area contributed by atoms with E-state index in [1.165, 1.54) is 14.0 Å². The van der Waals surface area contributed by atoms with E-state index in [1.54, 1.807) is 0 Å². The zero-order valence-electron chi connectivity index (χ0n) is 13.0. The third-order valence-electron chi connectivity index (χ3n) is 3.45. The van der Waals surface area contributed by atoms with Crippen molar-refractivity contribution in [3.8, 4) is 11.5 Å². The van der Waals surface area contributed by atoms with E-state index in [-0.39, 0.29) is 10.9 Å². The number of hydrogen-bond donors (Lipinski definition) is 1. The Balaban J connectivity index is 4.83. The summed E-state index contributed by atoms with van der Waals surface area (Å²) in [6.45, 7) is 12.3. The maximum absolute atomic E-state index is 11.5. The van der Waals surface area contributed by atoms with Gasteiger partial charge in [0.05, 0.1) is 7.11 Å².